The van der Waals surface area contributed by atoms with Crippen LogP contribution in [0.5, 0.6) is 0 Å². The number of non-ortho nitro benzene ring substituents is 1. The molecule has 0 amide bonds. The summed E-state index contributed by atoms with van der Waals surface area (Å²) in [7, 11) is 0. The molecule has 0 saturated heterocycles. The van der Waals surface area contributed by atoms with E-state index in [1.807, 2.05) is 36.4 Å². The number of carbonyl (C=O) groups is 1. The number of aromatic nitrogens is 1. The van der Waals surface area contributed by atoms with Gasteiger partial charge in [0, 0.05) is 17.5 Å². The number of nitriles is 1. The van der Waals surface area contributed by atoms with Crippen LogP contribution in [0.1, 0.15) is 40.0 Å². The largest absolute Gasteiger partial charge is 0.447 e. The Morgan fingerprint density at radius 3 is 2.87 bits per heavy atom. The fraction of sp³-hybridized carbons (Fsp3) is 0.174. The summed E-state index contributed by atoms with van der Waals surface area (Å²) in [6.07, 6.45) is 4.10. The van der Waals surface area contributed by atoms with Crippen molar-refractivity contribution < 1.29 is 14.5 Å². The molecule has 0 N–H and O–H groups in total. The average Bonchev–Trinajstić information content (AvgIpc) is 2.76. The molecule has 1 aliphatic carbocycles. The van der Waals surface area contributed by atoms with Crippen LogP contribution < -0.4 is 0 Å². The number of nitro benzene ring substituents is 1. The van der Waals surface area contributed by atoms with Crippen LogP contribution in [0.4, 0.5) is 5.69 Å². The molecule has 1 aliphatic rings. The molecule has 0 atom stereocenters. The Hall–Kier alpha value is -4.05. The number of pyridine rings is 1. The van der Waals surface area contributed by atoms with E-state index in [0.717, 1.165) is 24.0 Å². The van der Waals surface area contributed by atoms with E-state index >= 15 is 0 Å². The lowest BCUT2D eigenvalue weighted by molar-refractivity contribution is -0.384. The average molecular weight is 399 g/mol. The summed E-state index contributed by atoms with van der Waals surface area (Å²) in [5, 5.41) is 20.6. The van der Waals surface area contributed by atoms with Gasteiger partial charge in [0.05, 0.1) is 21.7 Å². The molecule has 0 aliphatic heterocycles. The van der Waals surface area contributed by atoms with Gasteiger partial charge in [-0.1, -0.05) is 30.3 Å². The molecule has 0 unspecified atom stereocenters. The van der Waals surface area contributed by atoms with Crippen LogP contribution in [0.3, 0.4) is 0 Å². The molecule has 7 heteroatoms. The van der Waals surface area contributed by atoms with Crippen LogP contribution in [0, 0.1) is 21.4 Å². The van der Waals surface area contributed by atoms with Crippen LogP contribution in [0.2, 0.25) is 0 Å². The first-order valence-electron chi connectivity index (χ1n) is 9.49. The second kappa shape index (κ2) is 8.13. The van der Waals surface area contributed by atoms with Gasteiger partial charge in [0.1, 0.15) is 6.07 Å². The normalized spacial score (nSPS) is 14.2. The van der Waals surface area contributed by atoms with Gasteiger partial charge in [0.15, 0.2) is 6.61 Å². The van der Waals surface area contributed by atoms with Gasteiger partial charge in [0.25, 0.3) is 5.69 Å². The van der Waals surface area contributed by atoms with Crippen molar-refractivity contribution in [1.82, 2.24) is 4.98 Å². The van der Waals surface area contributed by atoms with Crippen LogP contribution in [-0.2, 0) is 11.2 Å². The zero-order chi connectivity index (χ0) is 21.1. The molecule has 0 bridgehead atoms. The van der Waals surface area contributed by atoms with Gasteiger partial charge in [-0.25, -0.2) is 9.78 Å². The van der Waals surface area contributed by atoms with Crippen molar-refractivity contribution in [3.05, 3.63) is 81.0 Å². The van der Waals surface area contributed by atoms with E-state index in [2.05, 4.69) is 0 Å². The van der Waals surface area contributed by atoms with Crippen LogP contribution in [0.15, 0.2) is 48.5 Å². The third-order valence-corrected chi connectivity index (χ3v) is 5.06. The first kappa shape index (κ1) is 19.3. The third kappa shape index (κ3) is 3.63. The minimum absolute atomic E-state index is 0.0209. The summed E-state index contributed by atoms with van der Waals surface area (Å²) in [5.74, 6) is -0.539. The molecule has 0 radical (unpaired) electrons. The van der Waals surface area contributed by atoms with E-state index in [4.69, 9.17) is 15.0 Å². The molecule has 0 saturated carbocycles. The molecule has 7 nitrogen and oxygen atoms in total. The Bertz CT molecular complexity index is 1240. The van der Waals surface area contributed by atoms with Gasteiger partial charge in [0.2, 0.25) is 0 Å². The zero-order valence-corrected chi connectivity index (χ0v) is 16.0. The lowest BCUT2D eigenvalue weighted by atomic mass is 9.86. The highest BCUT2D eigenvalue weighted by atomic mass is 16.6. The fourth-order valence-corrected chi connectivity index (χ4v) is 3.81. The molecule has 30 heavy (non-hydrogen) atoms. The number of esters is 1. The van der Waals surface area contributed by atoms with E-state index in [9.17, 15) is 14.9 Å². The highest BCUT2D eigenvalue weighted by Crippen LogP contribution is 2.36. The first-order valence-corrected chi connectivity index (χ1v) is 9.49. The number of hydrogen-bond donors (Lipinski definition) is 0. The van der Waals surface area contributed by atoms with Crippen molar-refractivity contribution >= 4 is 34.2 Å². The highest BCUT2D eigenvalue weighted by Gasteiger charge is 2.26. The second-order valence-corrected chi connectivity index (χ2v) is 6.94. The number of fused-ring (bicyclic) bond motifs is 2. The Balaban J connectivity index is 1.89. The van der Waals surface area contributed by atoms with Crippen molar-refractivity contribution in [3.8, 4) is 6.07 Å². The van der Waals surface area contributed by atoms with Gasteiger partial charge in [-0.15, -0.1) is 0 Å². The number of ether oxygens (including phenoxy) is 1. The van der Waals surface area contributed by atoms with Gasteiger partial charge in [-0.3, -0.25) is 10.1 Å². The topological polar surface area (TPSA) is 106 Å². The lowest BCUT2D eigenvalue weighted by Crippen LogP contribution is -2.15. The molecule has 2 aromatic carbocycles. The molecular weight excluding hydrogens is 382 g/mol. The number of carbonyl (C=O) groups excluding carboxylic acids is 1. The minimum Gasteiger partial charge on any atom is -0.447 e. The van der Waals surface area contributed by atoms with E-state index in [1.54, 1.807) is 12.1 Å². The maximum absolute atomic E-state index is 12.8. The maximum atomic E-state index is 12.8. The third-order valence-electron chi connectivity index (χ3n) is 5.06. The number of rotatable bonds is 4. The smallest absolute Gasteiger partial charge is 0.340 e. The summed E-state index contributed by atoms with van der Waals surface area (Å²) < 4.78 is 5.12. The number of benzene rings is 2. The standard InChI is InChI=1S/C23H17N3O4/c24-11-12-30-23(27)21-18-8-1-2-10-20(18)25-22-16(6-4-9-19(21)22)13-15-5-3-7-17(14-15)26(28)29/h1-3,5,7-8,10,13-14H,4,6,9,12H2. The number of nitrogens with zero attached hydrogens (tertiary/aromatic N) is 3. The number of para-hydroxylation sites is 1. The van der Waals surface area contributed by atoms with E-state index < -0.39 is 10.9 Å². The van der Waals surface area contributed by atoms with Crippen molar-refractivity contribution in [2.45, 2.75) is 19.3 Å². The number of allylic oxidation sites excluding steroid dienone is 1. The molecular formula is C23H17N3O4. The second-order valence-electron chi connectivity index (χ2n) is 6.94. The van der Waals surface area contributed by atoms with Gasteiger partial charge in [-0.05, 0) is 48.1 Å². The van der Waals surface area contributed by atoms with E-state index in [-0.39, 0.29) is 12.3 Å². The Morgan fingerprint density at radius 1 is 1.23 bits per heavy atom. The summed E-state index contributed by atoms with van der Waals surface area (Å²) >= 11 is 0. The van der Waals surface area contributed by atoms with Crippen molar-refractivity contribution in [2.75, 3.05) is 6.61 Å². The van der Waals surface area contributed by atoms with Gasteiger partial charge >= 0.3 is 5.97 Å². The SMILES string of the molecule is N#CCOC(=O)c1c2c(nc3ccccc13)C(=Cc1cccc([N+](=O)[O-])c1)CCC2. The molecule has 148 valence electrons. The molecule has 1 heterocycles. The number of nitro groups is 1. The Kier molecular flexibility index (Phi) is 5.22. The maximum Gasteiger partial charge on any atom is 0.340 e. The van der Waals surface area contributed by atoms with Crippen LogP contribution in [-0.4, -0.2) is 22.5 Å². The van der Waals surface area contributed by atoms with Crippen molar-refractivity contribution in [2.24, 2.45) is 0 Å². The highest BCUT2D eigenvalue weighted by molar-refractivity contribution is 6.06. The molecule has 4 rings (SSSR count). The predicted molar refractivity (Wildman–Crippen MR) is 112 cm³/mol. The summed E-state index contributed by atoms with van der Waals surface area (Å²) in [4.78, 5) is 28.2. The van der Waals surface area contributed by atoms with Crippen molar-refractivity contribution in [3.63, 3.8) is 0 Å². The minimum atomic E-state index is -0.539. The predicted octanol–water partition coefficient (Wildman–Crippen LogP) is 4.70. The zero-order valence-electron chi connectivity index (χ0n) is 16.0. The molecule has 3 aromatic rings. The lowest BCUT2D eigenvalue weighted by Gasteiger charge is -2.22. The molecule has 0 fully saturated rings. The summed E-state index contributed by atoms with van der Waals surface area (Å²) in [5.41, 5.74) is 4.23. The monoisotopic (exact) mass is 399 g/mol. The van der Waals surface area contributed by atoms with E-state index in [0.29, 0.717) is 34.1 Å². The Labute approximate surface area is 172 Å². The first-order chi connectivity index (χ1) is 14.6. The van der Waals surface area contributed by atoms with E-state index in [1.165, 1.54) is 12.1 Å². The number of hydrogen-bond acceptors (Lipinski definition) is 6. The summed E-state index contributed by atoms with van der Waals surface area (Å²) in [6.45, 7) is -0.319. The van der Waals surface area contributed by atoms with Gasteiger partial charge < -0.3 is 4.74 Å². The quantitative estimate of drug-likeness (QED) is 0.358. The van der Waals surface area contributed by atoms with Crippen molar-refractivity contribution in [1.29, 1.82) is 5.26 Å². The Morgan fingerprint density at radius 2 is 2.07 bits per heavy atom. The fourth-order valence-electron chi connectivity index (χ4n) is 3.81. The van der Waals surface area contributed by atoms with Crippen LogP contribution in [0.25, 0.3) is 22.6 Å². The summed E-state index contributed by atoms with van der Waals surface area (Å²) in [6, 6.07) is 15.6. The van der Waals surface area contributed by atoms with Gasteiger partial charge in [-0.2, -0.15) is 5.26 Å². The molecule has 0 spiro atoms. The molecule has 1 aromatic heterocycles. The van der Waals surface area contributed by atoms with Crippen LogP contribution >= 0.6 is 0 Å².